The lowest BCUT2D eigenvalue weighted by Crippen LogP contribution is -2.15. The molecule has 0 spiro atoms. The molecule has 0 radical (unpaired) electrons. The number of nitrogens with one attached hydrogen (secondary N) is 1. The van der Waals surface area contributed by atoms with Gasteiger partial charge in [0.2, 0.25) is 0 Å². The molecule has 132 valence electrons. The number of aryl methyl sites for hydroxylation is 1. The van der Waals surface area contributed by atoms with Crippen LogP contribution in [0, 0.1) is 0 Å². The van der Waals surface area contributed by atoms with Crippen molar-refractivity contribution in [3.8, 4) is 0 Å². The zero-order valence-corrected chi connectivity index (χ0v) is 15.5. The average Bonchev–Trinajstić information content (AvgIpc) is 2.69. The number of hydrogen-bond donors (Lipinski definition) is 1. The number of anilines is 1. The zero-order chi connectivity index (χ0) is 18.4. The van der Waals surface area contributed by atoms with E-state index in [1.165, 1.54) is 5.56 Å². The first kappa shape index (κ1) is 18.2. The predicted octanol–water partition coefficient (Wildman–Crippen LogP) is 6.33. The number of benzene rings is 3. The van der Waals surface area contributed by atoms with Crippen molar-refractivity contribution in [2.45, 2.75) is 25.8 Å². The molecule has 1 atom stereocenters. The number of rotatable bonds is 7. The predicted molar refractivity (Wildman–Crippen MR) is 109 cm³/mol. The number of Topliss-reactive ketones (excluding diaryl/α,β-unsaturated/α-hetero) is 1. The Balaban J connectivity index is 1.82. The van der Waals surface area contributed by atoms with Gasteiger partial charge in [-0.1, -0.05) is 73.1 Å². The Kier molecular flexibility index (Phi) is 6.08. The van der Waals surface area contributed by atoms with Crippen molar-refractivity contribution in [2.24, 2.45) is 0 Å². The van der Waals surface area contributed by atoms with Gasteiger partial charge in [-0.15, -0.1) is 0 Å². The molecule has 0 fully saturated rings. The van der Waals surface area contributed by atoms with Crippen LogP contribution in [0.1, 0.15) is 40.9 Å². The molecule has 26 heavy (non-hydrogen) atoms. The number of carbonyl (C=O) groups is 1. The van der Waals surface area contributed by atoms with E-state index in [4.69, 9.17) is 11.6 Å². The third-order valence-electron chi connectivity index (χ3n) is 4.46. The summed E-state index contributed by atoms with van der Waals surface area (Å²) in [5.74, 6) is 0.121. The Bertz CT molecular complexity index is 842. The van der Waals surface area contributed by atoms with E-state index >= 15 is 0 Å². The van der Waals surface area contributed by atoms with Crippen molar-refractivity contribution in [1.82, 2.24) is 0 Å². The number of carbonyl (C=O) groups excluding carboxylic acids is 1. The van der Waals surface area contributed by atoms with Gasteiger partial charge >= 0.3 is 0 Å². The third-order valence-corrected chi connectivity index (χ3v) is 4.71. The lowest BCUT2D eigenvalue weighted by molar-refractivity contribution is 0.0976. The summed E-state index contributed by atoms with van der Waals surface area (Å²) in [4.78, 5) is 12.8. The van der Waals surface area contributed by atoms with Crippen molar-refractivity contribution < 1.29 is 4.79 Å². The summed E-state index contributed by atoms with van der Waals surface area (Å²) in [7, 11) is 0. The van der Waals surface area contributed by atoms with Gasteiger partial charge in [0.25, 0.3) is 0 Å². The van der Waals surface area contributed by atoms with E-state index < -0.39 is 0 Å². The van der Waals surface area contributed by atoms with Crippen molar-refractivity contribution in [1.29, 1.82) is 0 Å². The molecule has 3 aromatic carbocycles. The maximum Gasteiger partial charge on any atom is 0.165 e. The van der Waals surface area contributed by atoms with Gasteiger partial charge in [0, 0.05) is 22.7 Å². The fraction of sp³-hybridized carbons (Fsp3) is 0.174. The van der Waals surface area contributed by atoms with Gasteiger partial charge in [-0.2, -0.15) is 0 Å². The summed E-state index contributed by atoms with van der Waals surface area (Å²) in [5, 5.41) is 4.16. The molecular formula is C23H22ClNO. The van der Waals surface area contributed by atoms with Gasteiger partial charge in [-0.05, 0) is 41.8 Å². The molecule has 2 nitrogen and oxygen atoms in total. The molecule has 0 aromatic heterocycles. The number of para-hydroxylation sites is 1. The molecule has 0 aliphatic carbocycles. The molecule has 0 aliphatic heterocycles. The normalized spacial score (nSPS) is 11.8. The fourth-order valence-electron chi connectivity index (χ4n) is 2.91. The maximum absolute atomic E-state index is 12.8. The number of hydrogen-bond acceptors (Lipinski definition) is 2. The molecule has 0 aliphatic rings. The van der Waals surface area contributed by atoms with Crippen LogP contribution in [0.25, 0.3) is 0 Å². The molecule has 0 saturated heterocycles. The molecule has 0 heterocycles. The first-order valence-corrected chi connectivity index (χ1v) is 9.22. The van der Waals surface area contributed by atoms with Crippen LogP contribution in [-0.4, -0.2) is 5.78 Å². The van der Waals surface area contributed by atoms with Gasteiger partial charge in [0.05, 0.1) is 6.04 Å². The van der Waals surface area contributed by atoms with Gasteiger partial charge in [-0.3, -0.25) is 4.79 Å². The largest absolute Gasteiger partial charge is 0.378 e. The van der Waals surface area contributed by atoms with Gasteiger partial charge in [0.1, 0.15) is 0 Å². The second kappa shape index (κ2) is 8.68. The molecule has 0 saturated carbocycles. The Morgan fingerprint density at radius 3 is 2.19 bits per heavy atom. The molecule has 0 bridgehead atoms. The first-order valence-electron chi connectivity index (χ1n) is 8.85. The highest BCUT2D eigenvalue weighted by Gasteiger charge is 2.17. The Hall–Kier alpha value is -2.58. The number of halogens is 1. The van der Waals surface area contributed by atoms with E-state index in [0.717, 1.165) is 23.2 Å². The Labute approximate surface area is 159 Å². The highest BCUT2D eigenvalue weighted by atomic mass is 35.5. The summed E-state index contributed by atoms with van der Waals surface area (Å²) in [6.07, 6.45) is 1.35. The van der Waals surface area contributed by atoms with Crippen LogP contribution in [0.4, 0.5) is 5.69 Å². The molecule has 3 aromatic rings. The molecule has 1 N–H and O–H groups in total. The molecule has 3 heteroatoms. The van der Waals surface area contributed by atoms with Crippen LogP contribution < -0.4 is 5.32 Å². The summed E-state index contributed by atoms with van der Waals surface area (Å²) >= 11 is 6.02. The minimum absolute atomic E-state index is 0.118. The lowest BCUT2D eigenvalue weighted by Gasteiger charge is -2.20. The van der Waals surface area contributed by atoms with Gasteiger partial charge in [-0.25, -0.2) is 0 Å². The minimum atomic E-state index is -0.118. The molecule has 3 rings (SSSR count). The maximum atomic E-state index is 12.8. The SMILES string of the molecule is CCc1ccc(C(=O)C[C@@H](Nc2ccccc2)c2ccc(Cl)cc2)cc1. The van der Waals surface area contributed by atoms with Crippen molar-refractivity contribution >= 4 is 23.1 Å². The second-order valence-corrected chi connectivity index (χ2v) is 6.73. The average molecular weight is 364 g/mol. The molecular weight excluding hydrogens is 342 g/mol. The third kappa shape index (κ3) is 4.74. The second-order valence-electron chi connectivity index (χ2n) is 6.29. The van der Waals surface area contributed by atoms with Crippen molar-refractivity contribution in [3.05, 3.63) is 101 Å². The Morgan fingerprint density at radius 2 is 1.58 bits per heavy atom. The van der Waals surface area contributed by atoms with Crippen molar-refractivity contribution in [3.63, 3.8) is 0 Å². The van der Waals surface area contributed by atoms with E-state index in [0.29, 0.717) is 11.4 Å². The van der Waals surface area contributed by atoms with E-state index in [1.807, 2.05) is 78.9 Å². The number of ketones is 1. The zero-order valence-electron chi connectivity index (χ0n) is 14.8. The lowest BCUT2D eigenvalue weighted by atomic mass is 9.97. The highest BCUT2D eigenvalue weighted by Crippen LogP contribution is 2.26. The molecule has 0 unspecified atom stereocenters. The van der Waals surface area contributed by atoms with Crippen LogP contribution in [0.2, 0.25) is 5.02 Å². The standard InChI is InChI=1S/C23H22ClNO/c1-2-17-8-10-19(11-9-17)23(26)16-22(18-12-14-20(24)15-13-18)25-21-6-4-3-5-7-21/h3-15,22,25H,2,16H2,1H3/t22-/m1/s1. The van der Waals surface area contributed by atoms with E-state index in [9.17, 15) is 4.79 Å². The van der Waals surface area contributed by atoms with Crippen LogP contribution in [0.5, 0.6) is 0 Å². The first-order chi connectivity index (χ1) is 12.7. The summed E-state index contributed by atoms with van der Waals surface area (Å²) in [6, 6.07) is 25.4. The highest BCUT2D eigenvalue weighted by molar-refractivity contribution is 6.30. The van der Waals surface area contributed by atoms with Gasteiger partial charge < -0.3 is 5.32 Å². The summed E-state index contributed by atoms with van der Waals surface area (Å²) < 4.78 is 0. The Morgan fingerprint density at radius 1 is 0.923 bits per heavy atom. The van der Waals surface area contributed by atoms with Crippen LogP contribution in [0.15, 0.2) is 78.9 Å². The van der Waals surface area contributed by atoms with E-state index in [2.05, 4.69) is 12.2 Å². The van der Waals surface area contributed by atoms with E-state index in [1.54, 1.807) is 0 Å². The quantitative estimate of drug-likeness (QED) is 0.497. The minimum Gasteiger partial charge on any atom is -0.378 e. The van der Waals surface area contributed by atoms with Crippen molar-refractivity contribution in [2.75, 3.05) is 5.32 Å². The van der Waals surface area contributed by atoms with Crippen LogP contribution >= 0.6 is 11.6 Å². The summed E-state index contributed by atoms with van der Waals surface area (Å²) in [5.41, 5.74) is 4.01. The smallest absolute Gasteiger partial charge is 0.165 e. The topological polar surface area (TPSA) is 29.1 Å². The van der Waals surface area contributed by atoms with Crippen LogP contribution in [0.3, 0.4) is 0 Å². The monoisotopic (exact) mass is 363 g/mol. The fourth-order valence-corrected chi connectivity index (χ4v) is 3.04. The van der Waals surface area contributed by atoms with Gasteiger partial charge in [0.15, 0.2) is 5.78 Å². The van der Waals surface area contributed by atoms with Crippen LogP contribution in [-0.2, 0) is 6.42 Å². The van der Waals surface area contributed by atoms with E-state index in [-0.39, 0.29) is 11.8 Å². The molecule has 0 amide bonds. The summed E-state index contributed by atoms with van der Waals surface area (Å²) in [6.45, 7) is 2.11.